The van der Waals surface area contributed by atoms with Gasteiger partial charge in [-0.1, -0.05) is 60.7 Å². The molecule has 2 aromatic rings. The van der Waals surface area contributed by atoms with Crippen LogP contribution in [0, 0.1) is 17.2 Å². The van der Waals surface area contributed by atoms with Crippen LogP contribution in [0.4, 0.5) is 0 Å². The lowest BCUT2D eigenvalue weighted by Crippen LogP contribution is -2.44. The Kier molecular flexibility index (Phi) is 5.24. The van der Waals surface area contributed by atoms with Gasteiger partial charge in [0.2, 0.25) is 0 Å². The zero-order valence-electron chi connectivity index (χ0n) is 14.2. The van der Waals surface area contributed by atoms with Crippen LogP contribution < -0.4 is 0 Å². The molecule has 5 heteroatoms. The van der Waals surface area contributed by atoms with E-state index in [1.807, 2.05) is 79.7 Å². The van der Waals surface area contributed by atoms with E-state index in [0.717, 1.165) is 5.56 Å². The summed E-state index contributed by atoms with van der Waals surface area (Å²) in [5, 5.41) is 9.41. The summed E-state index contributed by atoms with van der Waals surface area (Å²) in [6, 6.07) is 21.5. The molecule has 3 rings (SSSR count). The highest BCUT2D eigenvalue weighted by molar-refractivity contribution is 8.12. The van der Waals surface area contributed by atoms with E-state index in [-0.39, 0.29) is 17.0 Å². The summed E-state index contributed by atoms with van der Waals surface area (Å²) in [6.07, 6.45) is 0. The molecular formula is C20H20N2OS2. The first-order chi connectivity index (χ1) is 12.0. The molecule has 0 amide bonds. The molecular weight excluding hydrogens is 348 g/mol. The van der Waals surface area contributed by atoms with Crippen molar-refractivity contribution >= 4 is 30.2 Å². The molecule has 4 unspecified atom stereocenters. The molecule has 0 spiro atoms. The molecule has 1 aliphatic rings. The van der Waals surface area contributed by atoms with E-state index in [4.69, 9.17) is 12.6 Å². The van der Waals surface area contributed by atoms with Crippen molar-refractivity contribution in [3.05, 3.63) is 71.8 Å². The van der Waals surface area contributed by atoms with Crippen LogP contribution in [0.1, 0.15) is 21.8 Å². The molecule has 1 fully saturated rings. The number of hydrogen-bond acceptors (Lipinski definition) is 5. The summed E-state index contributed by atoms with van der Waals surface area (Å²) >= 11 is 6.36. The molecule has 0 bridgehead atoms. The van der Waals surface area contributed by atoms with Gasteiger partial charge < -0.3 is 0 Å². The summed E-state index contributed by atoms with van der Waals surface area (Å²) in [4.78, 5) is 15.4. The molecule has 128 valence electrons. The first-order valence-corrected chi connectivity index (χ1v) is 9.43. The van der Waals surface area contributed by atoms with Crippen LogP contribution in [0.2, 0.25) is 0 Å². The number of thiol groups is 1. The molecule has 3 nitrogen and oxygen atoms in total. The normalized spacial score (nSPS) is 28.7. The van der Waals surface area contributed by atoms with Crippen molar-refractivity contribution in [3.8, 4) is 6.07 Å². The van der Waals surface area contributed by atoms with Gasteiger partial charge in [-0.25, -0.2) is 0 Å². The van der Waals surface area contributed by atoms with Gasteiger partial charge in [-0.15, -0.1) is 24.4 Å². The molecule has 4 atom stereocenters. The molecule has 2 aromatic carbocycles. The van der Waals surface area contributed by atoms with E-state index in [1.165, 1.54) is 11.8 Å². The Balaban J connectivity index is 2.13. The van der Waals surface area contributed by atoms with Crippen LogP contribution in [0.5, 0.6) is 0 Å². The van der Waals surface area contributed by atoms with Gasteiger partial charge in [0, 0.05) is 11.5 Å². The minimum atomic E-state index is -0.742. The summed E-state index contributed by atoms with van der Waals surface area (Å²) < 4.78 is -0.742. The molecule has 0 N–H and O–H groups in total. The Morgan fingerprint density at radius 1 is 1.12 bits per heavy atom. The number of carbonyl (C=O) groups is 1. The van der Waals surface area contributed by atoms with Gasteiger partial charge in [0.05, 0.1) is 12.0 Å². The van der Waals surface area contributed by atoms with Crippen molar-refractivity contribution in [1.29, 1.82) is 5.26 Å². The number of benzene rings is 2. The second kappa shape index (κ2) is 7.25. The van der Waals surface area contributed by atoms with Gasteiger partial charge in [-0.2, -0.15) is 5.26 Å². The average molecular weight is 369 g/mol. The van der Waals surface area contributed by atoms with Gasteiger partial charge in [0.15, 0.2) is 5.78 Å². The van der Waals surface area contributed by atoms with Crippen molar-refractivity contribution in [1.82, 2.24) is 4.90 Å². The molecule has 1 saturated heterocycles. The Bertz CT molecular complexity index is 788. The molecule has 0 aliphatic carbocycles. The Morgan fingerprint density at radius 2 is 1.68 bits per heavy atom. The second-order valence-corrected chi connectivity index (χ2v) is 8.72. The predicted octanol–water partition coefficient (Wildman–Crippen LogP) is 4.05. The molecule has 1 aliphatic heterocycles. The fourth-order valence-corrected chi connectivity index (χ4v) is 5.51. The van der Waals surface area contributed by atoms with Crippen LogP contribution in [-0.4, -0.2) is 34.2 Å². The van der Waals surface area contributed by atoms with Gasteiger partial charge >= 0.3 is 0 Å². The summed E-state index contributed by atoms with van der Waals surface area (Å²) in [5.41, 5.74) is 1.67. The number of thioether (sulfide) groups is 1. The third-order valence-corrected chi connectivity index (χ3v) is 7.30. The molecule has 1 heterocycles. The fourth-order valence-electron chi connectivity index (χ4n) is 3.39. The third kappa shape index (κ3) is 3.22. The van der Waals surface area contributed by atoms with E-state index >= 15 is 0 Å². The second-order valence-electron chi connectivity index (χ2n) is 6.37. The van der Waals surface area contributed by atoms with E-state index in [0.29, 0.717) is 5.56 Å². The van der Waals surface area contributed by atoms with Gasteiger partial charge in [0.1, 0.15) is 9.45 Å². The topological polar surface area (TPSA) is 44.1 Å². The highest BCUT2D eigenvalue weighted by atomic mass is 32.2. The molecule has 0 radical (unpaired) electrons. The first kappa shape index (κ1) is 18.1. The van der Waals surface area contributed by atoms with Crippen molar-refractivity contribution in [2.24, 2.45) is 5.92 Å². The monoisotopic (exact) mass is 368 g/mol. The van der Waals surface area contributed by atoms with E-state index in [2.05, 4.69) is 6.07 Å². The van der Waals surface area contributed by atoms with Crippen molar-refractivity contribution in [3.63, 3.8) is 0 Å². The first-order valence-electron chi connectivity index (χ1n) is 8.10. The van der Waals surface area contributed by atoms with Crippen LogP contribution in [-0.2, 0) is 0 Å². The van der Waals surface area contributed by atoms with Crippen LogP contribution in [0.3, 0.4) is 0 Å². The van der Waals surface area contributed by atoms with E-state index in [1.54, 1.807) is 0 Å². The number of Topliss-reactive ketones (excluding diaryl/α,β-unsaturated/α-hetero) is 1. The van der Waals surface area contributed by atoms with E-state index < -0.39 is 10.1 Å². The molecule has 0 saturated carbocycles. The summed E-state index contributed by atoms with van der Waals surface area (Å²) in [7, 11) is 3.82. The quantitative estimate of drug-likeness (QED) is 0.502. The number of hydrogen-bond donors (Lipinski definition) is 1. The zero-order valence-corrected chi connectivity index (χ0v) is 15.9. The van der Waals surface area contributed by atoms with E-state index in [9.17, 15) is 10.1 Å². The highest BCUT2D eigenvalue weighted by Crippen LogP contribution is 2.58. The van der Waals surface area contributed by atoms with Gasteiger partial charge in [-0.3, -0.25) is 9.69 Å². The number of rotatable bonds is 4. The molecule has 25 heavy (non-hydrogen) atoms. The molecule has 0 aromatic heterocycles. The lowest BCUT2D eigenvalue weighted by molar-refractivity contribution is 0.0854. The summed E-state index contributed by atoms with van der Waals surface area (Å²) in [6.45, 7) is 0. The fraction of sp³-hybridized carbons (Fsp3) is 0.300. The summed E-state index contributed by atoms with van der Waals surface area (Å²) in [5.74, 6) is -0.600. The Morgan fingerprint density at radius 3 is 2.20 bits per heavy atom. The minimum absolute atomic E-state index is 0.0309. The predicted molar refractivity (Wildman–Crippen MR) is 106 cm³/mol. The van der Waals surface area contributed by atoms with Crippen molar-refractivity contribution in [2.45, 2.75) is 15.4 Å². The Labute approximate surface area is 158 Å². The average Bonchev–Trinajstić information content (AvgIpc) is 2.96. The SMILES string of the molecule is CN(C)C1(S)SC(C#N)C(c2ccccc2)C1C(=O)c1ccccc1. The number of nitriles is 1. The Hall–Kier alpha value is -1.74. The number of nitrogens with zero attached hydrogens (tertiary/aromatic N) is 2. The standard InChI is InChI=1S/C20H20N2OS2/c1-22(2)20(24)18(19(23)15-11-7-4-8-12-15)17(16(13-21)25-20)14-9-5-3-6-10-14/h3-12,16-18,24H,1-2H3. The lowest BCUT2D eigenvalue weighted by atomic mass is 9.79. The van der Waals surface area contributed by atoms with Gasteiger partial charge in [0.25, 0.3) is 0 Å². The zero-order chi connectivity index (χ0) is 18.0. The van der Waals surface area contributed by atoms with Crippen LogP contribution >= 0.6 is 24.4 Å². The maximum Gasteiger partial charge on any atom is 0.170 e. The number of ketones is 1. The smallest absolute Gasteiger partial charge is 0.170 e. The maximum absolute atomic E-state index is 13.4. The minimum Gasteiger partial charge on any atom is -0.294 e. The van der Waals surface area contributed by atoms with Crippen molar-refractivity contribution < 1.29 is 4.79 Å². The largest absolute Gasteiger partial charge is 0.294 e. The van der Waals surface area contributed by atoms with Crippen LogP contribution in [0.25, 0.3) is 0 Å². The highest BCUT2D eigenvalue weighted by Gasteiger charge is 2.57. The van der Waals surface area contributed by atoms with Crippen LogP contribution in [0.15, 0.2) is 60.7 Å². The maximum atomic E-state index is 13.4. The van der Waals surface area contributed by atoms with Crippen molar-refractivity contribution in [2.75, 3.05) is 14.1 Å². The third-order valence-electron chi connectivity index (χ3n) is 4.68. The van der Waals surface area contributed by atoms with Gasteiger partial charge in [-0.05, 0) is 19.7 Å². The number of carbonyl (C=O) groups excluding carboxylic acids is 1. The lowest BCUT2D eigenvalue weighted by Gasteiger charge is -2.36.